The van der Waals surface area contributed by atoms with Gasteiger partial charge in [0.05, 0.1) is 18.6 Å². The van der Waals surface area contributed by atoms with Crippen LogP contribution >= 0.6 is 0 Å². The molecule has 0 amide bonds. The average molecular weight is 245 g/mol. The van der Waals surface area contributed by atoms with Crippen molar-refractivity contribution in [3.8, 4) is 6.07 Å². The van der Waals surface area contributed by atoms with Crippen LogP contribution in [-0.4, -0.2) is 19.4 Å². The molecule has 1 rings (SSSR count). The molecular formula is C14H15NO3. The van der Waals surface area contributed by atoms with Crippen LogP contribution in [0.4, 0.5) is 0 Å². The van der Waals surface area contributed by atoms with Crippen LogP contribution in [0.2, 0.25) is 0 Å². The molecule has 0 aliphatic carbocycles. The zero-order chi connectivity index (χ0) is 13.4. The number of carbonyl (C=O) groups excluding carboxylic acids is 2. The van der Waals surface area contributed by atoms with Gasteiger partial charge in [-0.1, -0.05) is 30.3 Å². The van der Waals surface area contributed by atoms with Gasteiger partial charge in [0.1, 0.15) is 6.29 Å². The highest BCUT2D eigenvalue weighted by molar-refractivity contribution is 5.69. The Hall–Kier alpha value is -2.15. The fraction of sp³-hybridized carbons (Fsp3) is 0.357. The van der Waals surface area contributed by atoms with E-state index < -0.39 is 5.41 Å². The third-order valence-electron chi connectivity index (χ3n) is 2.96. The molecule has 18 heavy (non-hydrogen) atoms. The number of ether oxygens (including phenoxy) is 1. The van der Waals surface area contributed by atoms with E-state index in [1.54, 1.807) is 12.1 Å². The number of carbonyl (C=O) groups is 2. The topological polar surface area (TPSA) is 67.2 Å². The summed E-state index contributed by atoms with van der Waals surface area (Å²) in [7, 11) is 1.30. The smallest absolute Gasteiger partial charge is 0.305 e. The Balaban J connectivity index is 2.99. The van der Waals surface area contributed by atoms with Crippen molar-refractivity contribution in [3.63, 3.8) is 0 Å². The minimum Gasteiger partial charge on any atom is -0.469 e. The van der Waals surface area contributed by atoms with Crippen molar-refractivity contribution in [1.29, 1.82) is 5.26 Å². The van der Waals surface area contributed by atoms with E-state index in [0.29, 0.717) is 6.29 Å². The molecule has 0 spiro atoms. The van der Waals surface area contributed by atoms with Crippen molar-refractivity contribution in [2.75, 3.05) is 7.11 Å². The van der Waals surface area contributed by atoms with Gasteiger partial charge in [0.25, 0.3) is 0 Å². The summed E-state index contributed by atoms with van der Waals surface area (Å²) in [6.07, 6.45) is 1.18. The van der Waals surface area contributed by atoms with Gasteiger partial charge in [-0.05, 0) is 12.0 Å². The van der Waals surface area contributed by atoms with E-state index in [2.05, 4.69) is 10.8 Å². The van der Waals surface area contributed by atoms with Crippen molar-refractivity contribution >= 4 is 12.3 Å². The van der Waals surface area contributed by atoms with Crippen molar-refractivity contribution in [3.05, 3.63) is 35.9 Å². The Morgan fingerprint density at radius 2 is 2.11 bits per heavy atom. The summed E-state index contributed by atoms with van der Waals surface area (Å²) in [6, 6.07) is 11.2. The molecular weight excluding hydrogens is 230 g/mol. The molecule has 0 heterocycles. The molecule has 0 fully saturated rings. The number of hydrogen-bond donors (Lipinski definition) is 0. The van der Waals surface area contributed by atoms with Crippen LogP contribution < -0.4 is 0 Å². The van der Waals surface area contributed by atoms with E-state index in [-0.39, 0.29) is 25.2 Å². The molecule has 0 aliphatic heterocycles. The Morgan fingerprint density at radius 3 is 2.61 bits per heavy atom. The molecule has 1 unspecified atom stereocenters. The number of hydrogen-bond acceptors (Lipinski definition) is 4. The lowest BCUT2D eigenvalue weighted by atomic mass is 9.76. The lowest BCUT2D eigenvalue weighted by Gasteiger charge is -2.24. The van der Waals surface area contributed by atoms with Gasteiger partial charge in [-0.15, -0.1) is 0 Å². The number of aldehydes is 1. The molecule has 0 aliphatic rings. The number of rotatable bonds is 6. The first kappa shape index (κ1) is 13.9. The van der Waals surface area contributed by atoms with Crippen molar-refractivity contribution < 1.29 is 14.3 Å². The number of benzene rings is 1. The first-order valence-electron chi connectivity index (χ1n) is 5.66. The molecule has 0 aromatic heterocycles. The monoisotopic (exact) mass is 245 g/mol. The maximum absolute atomic E-state index is 11.2. The molecule has 4 heteroatoms. The summed E-state index contributed by atoms with van der Waals surface area (Å²) in [5, 5.41) is 9.39. The first-order valence-corrected chi connectivity index (χ1v) is 5.66. The number of nitriles is 1. The predicted octanol–water partition coefficient (Wildman–Crippen LogP) is 1.99. The van der Waals surface area contributed by atoms with Gasteiger partial charge in [0, 0.05) is 12.8 Å². The van der Waals surface area contributed by atoms with Crippen molar-refractivity contribution in [2.24, 2.45) is 0 Å². The van der Waals surface area contributed by atoms with Crippen LogP contribution in [0, 0.1) is 11.3 Å². The van der Waals surface area contributed by atoms with E-state index >= 15 is 0 Å². The van der Waals surface area contributed by atoms with Crippen LogP contribution in [0.15, 0.2) is 30.3 Å². The van der Waals surface area contributed by atoms with Crippen LogP contribution in [-0.2, 0) is 19.7 Å². The van der Waals surface area contributed by atoms with Crippen LogP contribution in [0.5, 0.6) is 0 Å². The molecule has 0 saturated carbocycles. The largest absolute Gasteiger partial charge is 0.469 e. The van der Waals surface area contributed by atoms with Crippen LogP contribution in [0.25, 0.3) is 0 Å². The predicted molar refractivity (Wildman–Crippen MR) is 65.7 cm³/mol. The summed E-state index contributed by atoms with van der Waals surface area (Å²) in [5.74, 6) is -0.378. The summed E-state index contributed by atoms with van der Waals surface area (Å²) in [6.45, 7) is 0. The molecule has 0 N–H and O–H groups in total. The van der Waals surface area contributed by atoms with E-state index in [1.165, 1.54) is 7.11 Å². The maximum atomic E-state index is 11.2. The van der Waals surface area contributed by atoms with E-state index in [0.717, 1.165) is 5.56 Å². The van der Waals surface area contributed by atoms with E-state index in [4.69, 9.17) is 0 Å². The van der Waals surface area contributed by atoms with Gasteiger partial charge in [0.15, 0.2) is 0 Å². The molecule has 94 valence electrons. The van der Waals surface area contributed by atoms with Gasteiger partial charge in [-0.3, -0.25) is 4.79 Å². The standard InChI is InChI=1S/C14H15NO3/c1-18-13(17)7-8-14(11-15,9-10-16)12-5-3-2-4-6-12/h2-6,10H,7-9H2,1H3. The Morgan fingerprint density at radius 1 is 1.44 bits per heavy atom. The van der Waals surface area contributed by atoms with Gasteiger partial charge < -0.3 is 9.53 Å². The van der Waals surface area contributed by atoms with Gasteiger partial charge in [-0.25, -0.2) is 0 Å². The van der Waals surface area contributed by atoms with E-state index in [1.807, 2.05) is 18.2 Å². The molecule has 4 nitrogen and oxygen atoms in total. The second kappa shape index (κ2) is 6.55. The minimum atomic E-state index is -0.947. The Bertz CT molecular complexity index is 450. The summed E-state index contributed by atoms with van der Waals surface area (Å²) in [4.78, 5) is 22.0. The van der Waals surface area contributed by atoms with Gasteiger partial charge in [-0.2, -0.15) is 5.26 Å². The van der Waals surface area contributed by atoms with Gasteiger partial charge >= 0.3 is 5.97 Å². The van der Waals surface area contributed by atoms with Crippen LogP contribution in [0.3, 0.4) is 0 Å². The summed E-state index contributed by atoms with van der Waals surface area (Å²) < 4.78 is 4.57. The summed E-state index contributed by atoms with van der Waals surface area (Å²) >= 11 is 0. The first-order chi connectivity index (χ1) is 8.68. The average Bonchev–Trinajstić information content (AvgIpc) is 2.44. The highest BCUT2D eigenvalue weighted by Gasteiger charge is 2.32. The molecule has 0 saturated heterocycles. The minimum absolute atomic E-state index is 0.0739. The van der Waals surface area contributed by atoms with Gasteiger partial charge in [0.2, 0.25) is 0 Å². The lowest BCUT2D eigenvalue weighted by molar-refractivity contribution is -0.141. The number of nitrogens with zero attached hydrogens (tertiary/aromatic N) is 1. The fourth-order valence-electron chi connectivity index (χ4n) is 1.85. The second-order valence-electron chi connectivity index (χ2n) is 4.01. The second-order valence-corrected chi connectivity index (χ2v) is 4.01. The number of esters is 1. The highest BCUT2D eigenvalue weighted by Crippen LogP contribution is 2.31. The summed E-state index contributed by atoms with van der Waals surface area (Å²) in [5.41, 5.74) is -0.194. The normalized spacial score (nSPS) is 13.1. The molecule has 1 atom stereocenters. The molecule has 1 aromatic rings. The quantitative estimate of drug-likeness (QED) is 0.567. The fourth-order valence-corrected chi connectivity index (χ4v) is 1.85. The lowest BCUT2D eigenvalue weighted by Crippen LogP contribution is -2.26. The molecule has 0 radical (unpaired) electrons. The highest BCUT2D eigenvalue weighted by atomic mass is 16.5. The maximum Gasteiger partial charge on any atom is 0.305 e. The third kappa shape index (κ3) is 3.17. The zero-order valence-electron chi connectivity index (χ0n) is 10.3. The Kier molecular flexibility index (Phi) is 5.06. The molecule has 0 bridgehead atoms. The van der Waals surface area contributed by atoms with Crippen molar-refractivity contribution in [1.82, 2.24) is 0 Å². The SMILES string of the molecule is COC(=O)CCC(C#N)(CC=O)c1ccccc1. The van der Waals surface area contributed by atoms with Crippen LogP contribution in [0.1, 0.15) is 24.8 Å². The third-order valence-corrected chi connectivity index (χ3v) is 2.96. The van der Waals surface area contributed by atoms with Crippen molar-refractivity contribution in [2.45, 2.75) is 24.7 Å². The number of methoxy groups -OCH3 is 1. The zero-order valence-corrected chi connectivity index (χ0v) is 10.3. The van der Waals surface area contributed by atoms with E-state index in [9.17, 15) is 14.9 Å². The molecule has 1 aromatic carbocycles. The Labute approximate surface area is 106 Å².